The maximum Gasteiger partial charge on any atom is 0.305 e. The Morgan fingerprint density at radius 1 is 1.46 bits per heavy atom. The summed E-state index contributed by atoms with van der Waals surface area (Å²) < 4.78 is 4.80. The Bertz CT molecular complexity index is 171. The molecule has 74 valence electrons. The summed E-state index contributed by atoms with van der Waals surface area (Å²) in [5, 5.41) is 0. The number of esters is 1. The van der Waals surface area contributed by atoms with Gasteiger partial charge in [0.15, 0.2) is 0 Å². The fourth-order valence-corrected chi connectivity index (χ4v) is 0.957. The molecule has 13 heavy (non-hydrogen) atoms. The Balaban J connectivity index is 3.20. The summed E-state index contributed by atoms with van der Waals surface area (Å²) in [6.45, 7) is 5.88. The number of ether oxygens (including phenoxy) is 1. The summed E-state index contributed by atoms with van der Waals surface area (Å²) in [5.41, 5.74) is 0. The van der Waals surface area contributed by atoms with Crippen molar-refractivity contribution in [2.24, 2.45) is 0 Å². The summed E-state index contributed by atoms with van der Waals surface area (Å²) in [6.07, 6.45) is 9.21. The maximum absolute atomic E-state index is 10.9. The number of unbranched alkanes of at least 4 members (excludes halogenated alkanes) is 2. The molecule has 0 aliphatic carbocycles. The van der Waals surface area contributed by atoms with E-state index in [9.17, 15) is 4.79 Å². The summed E-state index contributed by atoms with van der Waals surface area (Å²) in [6, 6.07) is 0. The van der Waals surface area contributed by atoms with E-state index in [0.29, 0.717) is 13.0 Å². The van der Waals surface area contributed by atoms with Gasteiger partial charge >= 0.3 is 5.97 Å². The molecule has 0 fully saturated rings. The molecule has 0 heterocycles. The van der Waals surface area contributed by atoms with E-state index in [1.54, 1.807) is 6.08 Å². The van der Waals surface area contributed by atoms with Crippen LogP contribution in [0.2, 0.25) is 0 Å². The van der Waals surface area contributed by atoms with Gasteiger partial charge in [-0.05, 0) is 26.2 Å². The van der Waals surface area contributed by atoms with Gasteiger partial charge in [-0.3, -0.25) is 4.79 Å². The van der Waals surface area contributed by atoms with Crippen molar-refractivity contribution in [3.8, 4) is 0 Å². The molecule has 0 saturated carbocycles. The highest BCUT2D eigenvalue weighted by Crippen LogP contribution is 2.02. The lowest BCUT2D eigenvalue weighted by Gasteiger charge is -1.99. The van der Waals surface area contributed by atoms with Gasteiger partial charge in [0.2, 0.25) is 0 Å². The molecule has 0 amide bonds. The number of hydrogen-bond acceptors (Lipinski definition) is 2. The van der Waals surface area contributed by atoms with Crippen LogP contribution in [0.25, 0.3) is 0 Å². The van der Waals surface area contributed by atoms with E-state index < -0.39 is 0 Å². The highest BCUT2D eigenvalue weighted by atomic mass is 16.5. The molecule has 0 bridgehead atoms. The lowest BCUT2D eigenvalue weighted by atomic mass is 10.2. The van der Waals surface area contributed by atoms with Gasteiger partial charge in [0, 0.05) is 6.42 Å². The molecule has 0 N–H and O–H groups in total. The van der Waals surface area contributed by atoms with Gasteiger partial charge in [-0.2, -0.15) is 0 Å². The van der Waals surface area contributed by atoms with Crippen molar-refractivity contribution in [2.45, 2.75) is 32.6 Å². The van der Waals surface area contributed by atoms with Gasteiger partial charge in [0.25, 0.3) is 0 Å². The molecule has 0 spiro atoms. The summed E-state index contributed by atoms with van der Waals surface area (Å²) in [5.74, 6) is -0.0878. The number of hydrogen-bond donors (Lipinski definition) is 0. The van der Waals surface area contributed by atoms with Crippen molar-refractivity contribution in [3.05, 3.63) is 24.8 Å². The van der Waals surface area contributed by atoms with Crippen molar-refractivity contribution in [2.75, 3.05) is 6.61 Å². The molecular weight excluding hydrogens is 164 g/mol. The van der Waals surface area contributed by atoms with Gasteiger partial charge in [0.05, 0.1) is 6.61 Å². The van der Waals surface area contributed by atoms with Gasteiger partial charge in [0.1, 0.15) is 0 Å². The second-order valence-electron chi connectivity index (χ2n) is 2.71. The Hall–Kier alpha value is -1.05. The van der Waals surface area contributed by atoms with Crippen LogP contribution < -0.4 is 0 Å². The van der Waals surface area contributed by atoms with Crippen LogP contribution in [0.3, 0.4) is 0 Å². The molecule has 0 aliphatic rings. The average molecular weight is 182 g/mol. The van der Waals surface area contributed by atoms with E-state index in [0.717, 1.165) is 19.3 Å². The third-order valence-corrected chi connectivity index (χ3v) is 1.58. The third kappa shape index (κ3) is 8.86. The summed E-state index contributed by atoms with van der Waals surface area (Å²) in [7, 11) is 0. The molecule has 0 atom stereocenters. The first-order valence-corrected chi connectivity index (χ1v) is 4.74. The molecule has 0 aromatic carbocycles. The highest BCUT2D eigenvalue weighted by Gasteiger charge is 1.99. The molecule has 0 radical (unpaired) electrons. The molecule has 2 nitrogen and oxygen atoms in total. The normalized spacial score (nSPS) is 10.2. The van der Waals surface area contributed by atoms with Crippen molar-refractivity contribution >= 4 is 5.97 Å². The molecule has 0 aromatic rings. The van der Waals surface area contributed by atoms with Crippen LogP contribution in [0.1, 0.15) is 32.6 Å². The van der Waals surface area contributed by atoms with Gasteiger partial charge in [-0.15, -0.1) is 0 Å². The van der Waals surface area contributed by atoms with E-state index in [1.807, 2.05) is 13.0 Å². The molecule has 0 saturated heterocycles. The van der Waals surface area contributed by atoms with E-state index in [-0.39, 0.29) is 5.97 Å². The second-order valence-corrected chi connectivity index (χ2v) is 2.71. The monoisotopic (exact) mass is 182 g/mol. The van der Waals surface area contributed by atoms with E-state index in [4.69, 9.17) is 4.74 Å². The van der Waals surface area contributed by atoms with Crippen molar-refractivity contribution < 1.29 is 9.53 Å². The van der Waals surface area contributed by atoms with Crippen LogP contribution in [0.4, 0.5) is 0 Å². The largest absolute Gasteiger partial charge is 0.466 e. The number of rotatable bonds is 7. The zero-order valence-corrected chi connectivity index (χ0v) is 8.29. The molecule has 0 unspecified atom stereocenters. The molecule has 0 aromatic heterocycles. The second kappa shape index (κ2) is 9.04. The topological polar surface area (TPSA) is 26.3 Å². The molecular formula is C11H18O2. The van der Waals surface area contributed by atoms with E-state index >= 15 is 0 Å². The predicted molar refractivity (Wildman–Crippen MR) is 54.4 cm³/mol. The molecule has 0 rings (SSSR count). The van der Waals surface area contributed by atoms with Crippen LogP contribution in [0, 0.1) is 0 Å². The number of allylic oxidation sites excluding steroid dienone is 3. The Kier molecular flexibility index (Phi) is 8.31. The van der Waals surface area contributed by atoms with Crippen LogP contribution >= 0.6 is 0 Å². The van der Waals surface area contributed by atoms with Crippen LogP contribution in [0.15, 0.2) is 24.8 Å². The summed E-state index contributed by atoms with van der Waals surface area (Å²) in [4.78, 5) is 10.9. The predicted octanol–water partition coefficient (Wildman–Crippen LogP) is 2.85. The minimum Gasteiger partial charge on any atom is -0.466 e. The zero-order valence-electron chi connectivity index (χ0n) is 8.29. The lowest BCUT2D eigenvalue weighted by molar-refractivity contribution is -0.143. The average Bonchev–Trinajstić information content (AvgIpc) is 2.11. The first kappa shape index (κ1) is 11.9. The maximum atomic E-state index is 10.9. The minimum absolute atomic E-state index is 0.0878. The number of carbonyl (C=O) groups is 1. The van der Waals surface area contributed by atoms with Crippen LogP contribution in [-0.4, -0.2) is 12.6 Å². The Morgan fingerprint density at radius 2 is 2.23 bits per heavy atom. The van der Waals surface area contributed by atoms with Crippen molar-refractivity contribution in [1.82, 2.24) is 0 Å². The van der Waals surface area contributed by atoms with Crippen LogP contribution in [0.5, 0.6) is 0 Å². The van der Waals surface area contributed by atoms with Crippen molar-refractivity contribution in [1.29, 1.82) is 0 Å². The smallest absolute Gasteiger partial charge is 0.305 e. The highest BCUT2D eigenvalue weighted by molar-refractivity contribution is 5.69. The SMILES string of the molecule is C=CC=CCCCCC(=O)OCC. The van der Waals surface area contributed by atoms with Crippen LogP contribution in [-0.2, 0) is 9.53 Å². The zero-order chi connectivity index (χ0) is 9.94. The van der Waals surface area contributed by atoms with Crippen molar-refractivity contribution in [3.63, 3.8) is 0 Å². The quantitative estimate of drug-likeness (QED) is 0.344. The first-order valence-electron chi connectivity index (χ1n) is 4.74. The molecule has 0 aliphatic heterocycles. The number of carbonyl (C=O) groups excluding carboxylic acids is 1. The third-order valence-electron chi connectivity index (χ3n) is 1.58. The Labute approximate surface area is 80.3 Å². The fourth-order valence-electron chi connectivity index (χ4n) is 0.957. The van der Waals surface area contributed by atoms with Gasteiger partial charge < -0.3 is 4.74 Å². The van der Waals surface area contributed by atoms with Gasteiger partial charge in [-0.1, -0.05) is 24.8 Å². The van der Waals surface area contributed by atoms with E-state index in [2.05, 4.69) is 12.7 Å². The fraction of sp³-hybridized carbons (Fsp3) is 0.545. The van der Waals surface area contributed by atoms with E-state index in [1.165, 1.54) is 0 Å². The first-order chi connectivity index (χ1) is 6.31. The lowest BCUT2D eigenvalue weighted by Crippen LogP contribution is -2.02. The summed E-state index contributed by atoms with van der Waals surface area (Å²) >= 11 is 0. The van der Waals surface area contributed by atoms with Gasteiger partial charge in [-0.25, -0.2) is 0 Å². The standard InChI is InChI=1S/C11H18O2/c1-3-5-6-7-8-9-10-11(12)13-4-2/h3,5-6H,1,4,7-10H2,2H3. The minimum atomic E-state index is -0.0878. The Morgan fingerprint density at radius 3 is 2.85 bits per heavy atom. The molecule has 2 heteroatoms.